The zero-order chi connectivity index (χ0) is 42.8. The molecule has 0 atom stereocenters. The summed E-state index contributed by atoms with van der Waals surface area (Å²) in [5, 5.41) is 15.9. The first-order valence-electron chi connectivity index (χ1n) is 21.4. The largest absolute Gasteiger partial charge is 0.507 e. The molecule has 3 aromatic heterocycles. The molecule has 312 valence electrons. The number of fused-ring (bicyclic) bond motifs is 4. The minimum Gasteiger partial charge on any atom is -0.507 e. The molecule has 4 nitrogen and oxygen atoms in total. The number of pyridine rings is 2. The van der Waals surface area contributed by atoms with E-state index in [9.17, 15) is 5.11 Å². The quantitative estimate of drug-likeness (QED) is 0.169. The topological polar surface area (TPSA) is 50.9 Å². The monoisotopic (exact) mass is 997 g/mol. The summed E-state index contributed by atoms with van der Waals surface area (Å²) < 4.78 is 2.43. The Bertz CT molecular complexity index is 3310. The van der Waals surface area contributed by atoms with Gasteiger partial charge in [0.15, 0.2) is 0 Å². The molecule has 63 heavy (non-hydrogen) atoms. The summed E-state index contributed by atoms with van der Waals surface area (Å²) in [6.07, 6.45) is 1.90. The summed E-state index contributed by atoms with van der Waals surface area (Å²) in [4.78, 5) is 10.1. The van der Waals surface area contributed by atoms with Crippen LogP contribution in [0.5, 0.6) is 5.75 Å². The van der Waals surface area contributed by atoms with Crippen LogP contribution in [0, 0.1) is 6.07 Å². The molecule has 5 heteroatoms. The van der Waals surface area contributed by atoms with Crippen LogP contribution in [0.3, 0.4) is 0 Å². The number of aromatic hydroxyl groups is 1. The fourth-order valence-electron chi connectivity index (χ4n) is 8.74. The van der Waals surface area contributed by atoms with E-state index in [1.165, 1.54) is 38.2 Å². The van der Waals surface area contributed by atoms with E-state index >= 15 is 0 Å². The Kier molecular flexibility index (Phi) is 10.8. The van der Waals surface area contributed by atoms with Crippen LogP contribution >= 0.6 is 0 Å². The molecule has 7 aromatic carbocycles. The summed E-state index contributed by atoms with van der Waals surface area (Å²) in [7, 11) is 0. The van der Waals surface area contributed by atoms with E-state index in [0.717, 1.165) is 56.0 Å². The van der Waals surface area contributed by atoms with Crippen molar-refractivity contribution in [1.82, 2.24) is 14.5 Å². The minimum atomic E-state index is -0.0476. The molecule has 0 fully saturated rings. The molecule has 0 radical (unpaired) electrons. The minimum absolute atomic E-state index is 0. The van der Waals surface area contributed by atoms with Crippen molar-refractivity contribution in [2.45, 2.75) is 52.4 Å². The van der Waals surface area contributed by atoms with Crippen LogP contribution in [0.4, 0.5) is 0 Å². The number of phenols is 1. The smallest absolute Gasteiger partial charge is 0.124 e. The van der Waals surface area contributed by atoms with Gasteiger partial charge in [-0.05, 0) is 80.4 Å². The maximum atomic E-state index is 11.1. The Labute approximate surface area is 384 Å². The molecule has 10 rings (SSSR count). The first-order chi connectivity index (χ1) is 29.9. The molecule has 0 bridgehead atoms. The Balaban J connectivity index is 0.00000504. The zero-order valence-electron chi connectivity index (χ0n) is 36.3. The molecular formula is C58H48N3OPt-. The van der Waals surface area contributed by atoms with Gasteiger partial charge >= 0.3 is 0 Å². The fourth-order valence-corrected chi connectivity index (χ4v) is 8.74. The summed E-state index contributed by atoms with van der Waals surface area (Å²) in [6, 6.07) is 63.3. The van der Waals surface area contributed by atoms with Crippen LogP contribution in [-0.4, -0.2) is 19.6 Å². The van der Waals surface area contributed by atoms with Crippen LogP contribution in [-0.2, 0) is 31.9 Å². The third kappa shape index (κ3) is 7.79. The number of hydrogen-bond donors (Lipinski definition) is 1. The van der Waals surface area contributed by atoms with Crippen molar-refractivity contribution in [2.24, 2.45) is 0 Å². The van der Waals surface area contributed by atoms with Gasteiger partial charge in [0.25, 0.3) is 0 Å². The number of benzene rings is 7. The van der Waals surface area contributed by atoms with Gasteiger partial charge in [-0.3, -0.25) is 9.97 Å². The van der Waals surface area contributed by atoms with Gasteiger partial charge in [-0.2, -0.15) is 0 Å². The molecule has 0 aliphatic rings. The summed E-state index contributed by atoms with van der Waals surface area (Å²) in [5.74, 6) is 0.190. The van der Waals surface area contributed by atoms with E-state index in [0.29, 0.717) is 11.3 Å². The standard InChI is InChI=1S/C58H48N3O.Pt/c1-57(2,3)43-31-41(32-44(36-43)58(4,5)6)42-34-51(60-52(35-42)49-22-10-12-27-55(49)62)40-19-13-18-39(30-40)50-33-38(28-29-59-50)46-23-15-24-48-47-21-9-11-25-54(47)61(56(46)48)53-26-14-17-37-16-7-8-20-45(37)53;/h7-29,31-36,62H,1-6H3;/q-1;. The van der Waals surface area contributed by atoms with E-state index in [-0.39, 0.29) is 37.6 Å². The molecule has 0 spiro atoms. The Morgan fingerprint density at radius 1 is 0.492 bits per heavy atom. The average Bonchev–Trinajstić information content (AvgIpc) is 3.62. The zero-order valence-corrected chi connectivity index (χ0v) is 38.6. The number of aromatic nitrogens is 3. The predicted octanol–water partition coefficient (Wildman–Crippen LogP) is 15.2. The molecule has 0 amide bonds. The van der Waals surface area contributed by atoms with Crippen molar-refractivity contribution in [3.8, 4) is 67.5 Å². The van der Waals surface area contributed by atoms with Gasteiger partial charge in [0.05, 0.1) is 22.4 Å². The van der Waals surface area contributed by atoms with Gasteiger partial charge in [0, 0.05) is 65.9 Å². The van der Waals surface area contributed by atoms with E-state index in [1.54, 1.807) is 6.07 Å². The van der Waals surface area contributed by atoms with Crippen molar-refractivity contribution < 1.29 is 26.2 Å². The summed E-state index contributed by atoms with van der Waals surface area (Å²) in [5.41, 5.74) is 14.9. The number of phenolic OH excluding ortho intramolecular Hbond substituents is 1. The Morgan fingerprint density at radius 2 is 1.06 bits per heavy atom. The number of rotatable bonds is 6. The van der Waals surface area contributed by atoms with E-state index in [1.807, 2.05) is 24.4 Å². The van der Waals surface area contributed by atoms with Crippen LogP contribution in [0.25, 0.3) is 94.3 Å². The van der Waals surface area contributed by atoms with E-state index < -0.39 is 0 Å². The van der Waals surface area contributed by atoms with Crippen molar-refractivity contribution in [2.75, 3.05) is 0 Å². The van der Waals surface area contributed by atoms with Gasteiger partial charge in [0.1, 0.15) is 5.75 Å². The summed E-state index contributed by atoms with van der Waals surface area (Å²) in [6.45, 7) is 13.6. The molecule has 0 aliphatic carbocycles. The maximum absolute atomic E-state index is 11.1. The van der Waals surface area contributed by atoms with Crippen LogP contribution in [0.15, 0.2) is 176 Å². The first-order valence-corrected chi connectivity index (χ1v) is 21.4. The third-order valence-corrected chi connectivity index (χ3v) is 12.1. The number of para-hydroxylation sites is 3. The third-order valence-electron chi connectivity index (χ3n) is 12.1. The van der Waals surface area contributed by atoms with Gasteiger partial charge in [-0.1, -0.05) is 168 Å². The molecule has 0 aliphatic heterocycles. The predicted molar refractivity (Wildman–Crippen MR) is 259 cm³/mol. The molecule has 0 saturated heterocycles. The van der Waals surface area contributed by atoms with Crippen LogP contribution < -0.4 is 0 Å². The normalized spacial score (nSPS) is 11.9. The van der Waals surface area contributed by atoms with Crippen molar-refractivity contribution in [1.29, 1.82) is 0 Å². The fraction of sp³-hybridized carbons (Fsp3) is 0.138. The SMILES string of the molecule is CC(C)(C)c1cc(-c2cc(-c3[c-]c(-c4cc(-c5cccc6c7ccccc7n(-c7cccc8ccccc78)c56)ccn4)ccc3)nc(-c3ccccc3O)c2)cc(C(C)(C)C)c1.[Pt]. The average molecular weight is 998 g/mol. The van der Waals surface area contributed by atoms with Gasteiger partial charge < -0.3 is 9.67 Å². The molecule has 3 heterocycles. The van der Waals surface area contributed by atoms with Gasteiger partial charge in [0.2, 0.25) is 0 Å². The number of hydrogen-bond acceptors (Lipinski definition) is 3. The van der Waals surface area contributed by atoms with E-state index in [4.69, 9.17) is 9.97 Å². The van der Waals surface area contributed by atoms with E-state index in [2.05, 4.69) is 198 Å². The van der Waals surface area contributed by atoms with Crippen LogP contribution in [0.1, 0.15) is 52.7 Å². The molecule has 0 saturated carbocycles. The van der Waals surface area contributed by atoms with Gasteiger partial charge in [-0.15, -0.1) is 24.3 Å². The first kappa shape index (κ1) is 41.7. The molecule has 0 unspecified atom stereocenters. The molecule has 1 N–H and O–H groups in total. The van der Waals surface area contributed by atoms with Crippen molar-refractivity contribution >= 4 is 32.6 Å². The van der Waals surface area contributed by atoms with Crippen molar-refractivity contribution in [3.05, 3.63) is 193 Å². The van der Waals surface area contributed by atoms with Crippen LogP contribution in [0.2, 0.25) is 0 Å². The molecule has 10 aromatic rings. The number of nitrogens with zero attached hydrogens (tertiary/aromatic N) is 3. The maximum Gasteiger partial charge on any atom is 0.124 e. The second kappa shape index (κ2) is 16.3. The summed E-state index contributed by atoms with van der Waals surface area (Å²) >= 11 is 0. The Morgan fingerprint density at radius 3 is 1.83 bits per heavy atom. The Hall–Kier alpha value is -6.61. The van der Waals surface area contributed by atoms with Gasteiger partial charge in [-0.25, -0.2) is 0 Å². The molecular weight excluding hydrogens is 950 g/mol. The van der Waals surface area contributed by atoms with Crippen molar-refractivity contribution in [3.63, 3.8) is 0 Å². The second-order valence-corrected chi connectivity index (χ2v) is 18.4. The second-order valence-electron chi connectivity index (χ2n) is 18.4.